The summed E-state index contributed by atoms with van der Waals surface area (Å²) in [7, 11) is -2.04. The molecule has 0 spiro atoms. The fourth-order valence-electron chi connectivity index (χ4n) is 2.03. The largest absolute Gasteiger partial charge is 0.497 e. The first-order valence-electron chi connectivity index (χ1n) is 8.09. The molecular formula is C17H25NO6S. The van der Waals surface area contributed by atoms with Gasteiger partial charge >= 0.3 is 5.97 Å². The van der Waals surface area contributed by atoms with Crippen molar-refractivity contribution >= 4 is 21.8 Å². The van der Waals surface area contributed by atoms with Gasteiger partial charge in [0.1, 0.15) is 11.8 Å². The highest BCUT2D eigenvalue weighted by Crippen LogP contribution is 2.14. The molecule has 0 unspecified atom stereocenters. The predicted octanol–water partition coefficient (Wildman–Crippen LogP) is 1.92. The minimum absolute atomic E-state index is 0.0541. The summed E-state index contributed by atoms with van der Waals surface area (Å²) < 4.78 is 36.0. The van der Waals surface area contributed by atoms with E-state index in [4.69, 9.17) is 9.47 Å². The highest BCUT2D eigenvalue weighted by molar-refractivity contribution is 7.89. The molecule has 2 atom stereocenters. The van der Waals surface area contributed by atoms with Crippen LogP contribution in [0.15, 0.2) is 24.3 Å². The van der Waals surface area contributed by atoms with Crippen LogP contribution in [-0.2, 0) is 19.6 Å². The van der Waals surface area contributed by atoms with Crippen molar-refractivity contribution in [1.29, 1.82) is 0 Å². The first-order valence-corrected chi connectivity index (χ1v) is 9.74. The number of carbonyl (C=O) groups excluding carboxylic acids is 2. The maximum absolute atomic E-state index is 12.3. The highest BCUT2D eigenvalue weighted by Gasteiger charge is 2.25. The molecule has 0 aliphatic heterocycles. The molecule has 1 aromatic rings. The van der Waals surface area contributed by atoms with Crippen molar-refractivity contribution in [3.8, 4) is 5.75 Å². The maximum atomic E-state index is 12.3. The fourth-order valence-corrected chi connectivity index (χ4v) is 3.45. The molecule has 0 saturated carbocycles. The molecule has 0 bridgehead atoms. The zero-order chi connectivity index (χ0) is 19.0. The van der Waals surface area contributed by atoms with E-state index in [1.807, 2.05) is 6.92 Å². The fraction of sp³-hybridized carbons (Fsp3) is 0.529. The van der Waals surface area contributed by atoms with Crippen LogP contribution in [0.3, 0.4) is 0 Å². The van der Waals surface area contributed by atoms with E-state index in [9.17, 15) is 18.0 Å². The Morgan fingerprint density at radius 1 is 1.16 bits per heavy atom. The summed E-state index contributed by atoms with van der Waals surface area (Å²) in [5, 5.41) is 0. The summed E-state index contributed by atoms with van der Waals surface area (Å²) in [6, 6.07) is 5.34. The molecule has 140 valence electrons. The highest BCUT2D eigenvalue weighted by atomic mass is 32.2. The molecule has 1 N–H and O–H groups in total. The number of hydrogen-bond acceptors (Lipinski definition) is 6. The first kappa shape index (κ1) is 21.1. The van der Waals surface area contributed by atoms with Crippen molar-refractivity contribution in [1.82, 2.24) is 4.72 Å². The van der Waals surface area contributed by atoms with Crippen molar-refractivity contribution in [2.24, 2.45) is 0 Å². The second-order valence-electron chi connectivity index (χ2n) is 5.68. The van der Waals surface area contributed by atoms with E-state index in [-0.39, 0.29) is 11.5 Å². The Morgan fingerprint density at radius 2 is 1.76 bits per heavy atom. The number of benzene rings is 1. The third-order valence-corrected chi connectivity index (χ3v) is 5.05. The van der Waals surface area contributed by atoms with E-state index >= 15 is 0 Å². The van der Waals surface area contributed by atoms with Crippen molar-refractivity contribution < 1.29 is 27.5 Å². The number of esters is 1. The monoisotopic (exact) mass is 371 g/mol. The van der Waals surface area contributed by atoms with Gasteiger partial charge in [0.2, 0.25) is 15.8 Å². The summed E-state index contributed by atoms with van der Waals surface area (Å²) in [5.74, 6) is -0.621. The number of sulfonamides is 1. The SMILES string of the molecule is CCCCS(=O)(=O)N[C@@H](C)C(=O)O[C@@H](C)C(=O)c1ccc(OC)cc1. The van der Waals surface area contributed by atoms with Gasteiger partial charge in [-0.05, 0) is 44.5 Å². The summed E-state index contributed by atoms with van der Waals surface area (Å²) in [5.41, 5.74) is 0.372. The minimum atomic E-state index is -3.55. The zero-order valence-corrected chi connectivity index (χ0v) is 15.8. The summed E-state index contributed by atoms with van der Waals surface area (Å²) in [6.07, 6.45) is 0.208. The molecule has 25 heavy (non-hydrogen) atoms. The molecular weight excluding hydrogens is 346 g/mol. The van der Waals surface area contributed by atoms with Gasteiger partial charge in [-0.25, -0.2) is 13.1 Å². The van der Waals surface area contributed by atoms with Crippen molar-refractivity contribution in [2.75, 3.05) is 12.9 Å². The number of ether oxygens (including phenoxy) is 2. The second kappa shape index (κ2) is 9.53. The Morgan fingerprint density at radius 3 is 2.28 bits per heavy atom. The van der Waals surface area contributed by atoms with Gasteiger partial charge in [-0.3, -0.25) is 9.59 Å². The lowest BCUT2D eigenvalue weighted by molar-refractivity contribution is -0.147. The Labute approximate surface area is 148 Å². The smallest absolute Gasteiger partial charge is 0.324 e. The number of hydrogen-bond donors (Lipinski definition) is 1. The summed E-state index contributed by atoms with van der Waals surface area (Å²) >= 11 is 0. The lowest BCUT2D eigenvalue weighted by Crippen LogP contribution is -2.42. The van der Waals surface area contributed by atoms with Gasteiger partial charge in [-0.15, -0.1) is 0 Å². The number of Topliss-reactive ketones (excluding diaryl/α,β-unsaturated/α-hetero) is 1. The topological polar surface area (TPSA) is 98.8 Å². The molecule has 0 amide bonds. The molecule has 0 fully saturated rings. The second-order valence-corrected chi connectivity index (χ2v) is 7.56. The van der Waals surface area contributed by atoms with E-state index < -0.39 is 28.1 Å². The van der Waals surface area contributed by atoms with Crippen LogP contribution in [0, 0.1) is 0 Å². The van der Waals surface area contributed by atoms with Crippen LogP contribution in [0.2, 0.25) is 0 Å². The van der Waals surface area contributed by atoms with Crippen molar-refractivity contribution in [3.63, 3.8) is 0 Å². The van der Waals surface area contributed by atoms with Gasteiger partial charge in [0.25, 0.3) is 0 Å². The number of unbranched alkanes of at least 4 members (excludes halogenated alkanes) is 1. The van der Waals surface area contributed by atoms with Gasteiger partial charge < -0.3 is 9.47 Å². The number of rotatable bonds is 10. The maximum Gasteiger partial charge on any atom is 0.324 e. The Hall–Kier alpha value is -1.93. The number of methoxy groups -OCH3 is 1. The van der Waals surface area contributed by atoms with E-state index in [1.165, 1.54) is 21.0 Å². The average molecular weight is 371 g/mol. The lowest BCUT2D eigenvalue weighted by atomic mass is 10.1. The third kappa shape index (κ3) is 6.83. The van der Waals surface area contributed by atoms with Crippen molar-refractivity contribution in [3.05, 3.63) is 29.8 Å². The van der Waals surface area contributed by atoms with Crippen LogP contribution in [0.5, 0.6) is 5.75 Å². The Kier molecular flexibility index (Phi) is 8.05. The quantitative estimate of drug-likeness (QED) is 0.498. The summed E-state index contributed by atoms with van der Waals surface area (Å²) in [4.78, 5) is 24.3. The minimum Gasteiger partial charge on any atom is -0.497 e. The predicted molar refractivity (Wildman–Crippen MR) is 94.2 cm³/mol. The Balaban J connectivity index is 2.63. The van der Waals surface area contributed by atoms with Gasteiger partial charge in [0.05, 0.1) is 12.9 Å². The molecule has 1 rings (SSSR count). The van der Waals surface area contributed by atoms with Gasteiger partial charge in [-0.2, -0.15) is 0 Å². The van der Waals surface area contributed by atoms with Crippen LogP contribution in [0.25, 0.3) is 0 Å². The van der Waals surface area contributed by atoms with Crippen molar-refractivity contribution in [2.45, 2.75) is 45.8 Å². The van der Waals surface area contributed by atoms with Gasteiger partial charge in [0, 0.05) is 5.56 Å². The van der Waals surface area contributed by atoms with Gasteiger partial charge in [0.15, 0.2) is 6.10 Å². The molecule has 0 radical (unpaired) electrons. The van der Waals surface area contributed by atoms with Gasteiger partial charge in [-0.1, -0.05) is 13.3 Å². The molecule has 7 nitrogen and oxygen atoms in total. The lowest BCUT2D eigenvalue weighted by Gasteiger charge is -2.17. The van der Waals surface area contributed by atoms with E-state index in [2.05, 4.69) is 4.72 Å². The molecule has 8 heteroatoms. The number of ketones is 1. The third-order valence-electron chi connectivity index (χ3n) is 3.51. The van der Waals surface area contributed by atoms with Crippen LogP contribution in [0.4, 0.5) is 0 Å². The average Bonchev–Trinajstić information content (AvgIpc) is 2.58. The Bertz CT molecular complexity index is 684. The van der Waals surface area contributed by atoms with Crippen LogP contribution < -0.4 is 9.46 Å². The molecule has 0 aliphatic carbocycles. The summed E-state index contributed by atoms with van der Waals surface area (Å²) in [6.45, 7) is 4.71. The van der Waals surface area contributed by atoms with Crippen LogP contribution >= 0.6 is 0 Å². The molecule has 1 aromatic carbocycles. The molecule has 0 aromatic heterocycles. The number of carbonyl (C=O) groups is 2. The number of nitrogens with one attached hydrogen (secondary N) is 1. The van der Waals surface area contributed by atoms with E-state index in [0.29, 0.717) is 17.7 Å². The van der Waals surface area contributed by atoms with Crippen LogP contribution in [0.1, 0.15) is 44.0 Å². The zero-order valence-electron chi connectivity index (χ0n) is 14.9. The molecule has 0 saturated heterocycles. The van der Waals surface area contributed by atoms with Crippen LogP contribution in [-0.4, -0.2) is 45.2 Å². The molecule has 0 aliphatic rings. The van der Waals surface area contributed by atoms with E-state index in [0.717, 1.165) is 6.42 Å². The first-order chi connectivity index (χ1) is 11.7. The van der Waals surface area contributed by atoms with E-state index in [1.54, 1.807) is 24.3 Å². The standard InChI is InChI=1S/C17H25NO6S/c1-5-6-11-25(21,22)18-12(2)17(20)24-13(3)16(19)14-7-9-15(23-4)10-8-14/h7-10,12-13,18H,5-6,11H2,1-4H3/t12-,13-/m0/s1. The normalized spacial score (nSPS) is 13.8. The molecule has 0 heterocycles.